The number of nitrogens with zero attached hydrogens (tertiary/aromatic N) is 2. The number of rotatable bonds is 5. The van der Waals surface area contributed by atoms with Crippen LogP contribution in [0.15, 0.2) is 30.6 Å². The number of nitrogens with one attached hydrogen (secondary N) is 3. The number of carbonyl (C=O) groups is 1. The molecule has 11 heteroatoms. The van der Waals surface area contributed by atoms with Gasteiger partial charge in [-0.15, -0.1) is 0 Å². The third-order valence-electron chi connectivity index (χ3n) is 4.70. The molecule has 9 nitrogen and oxygen atoms in total. The highest BCUT2D eigenvalue weighted by atomic mass is 32.2. The second-order valence-electron chi connectivity index (χ2n) is 7.24. The summed E-state index contributed by atoms with van der Waals surface area (Å²) in [5.41, 5.74) is 0.330. The fourth-order valence-electron chi connectivity index (χ4n) is 3.37. The number of amidine groups is 1. The molecule has 0 aliphatic carbocycles. The van der Waals surface area contributed by atoms with E-state index >= 15 is 0 Å². The van der Waals surface area contributed by atoms with Gasteiger partial charge in [-0.2, -0.15) is 0 Å². The molecule has 2 unspecified atom stereocenters. The van der Waals surface area contributed by atoms with Gasteiger partial charge >= 0.3 is 0 Å². The molecule has 1 aromatic heterocycles. The molecule has 3 N–H and O–H groups in total. The summed E-state index contributed by atoms with van der Waals surface area (Å²) in [4.78, 5) is 20.2. The number of methoxy groups -OCH3 is 1. The van der Waals surface area contributed by atoms with E-state index in [-0.39, 0.29) is 40.3 Å². The minimum absolute atomic E-state index is 0.0293. The van der Waals surface area contributed by atoms with Crippen LogP contribution in [-0.2, 0) is 9.84 Å². The van der Waals surface area contributed by atoms with E-state index in [1.807, 2.05) is 0 Å². The Hall–Kier alpha value is -3.08. The second kappa shape index (κ2) is 8.34. The van der Waals surface area contributed by atoms with E-state index < -0.39 is 32.9 Å². The lowest BCUT2D eigenvalue weighted by molar-refractivity contribution is 0.102. The van der Waals surface area contributed by atoms with Crippen LogP contribution in [0.5, 0.6) is 5.88 Å². The zero-order valence-corrected chi connectivity index (χ0v) is 17.5. The number of hydrogen-bond acceptors (Lipinski definition) is 7. The molecular weight excluding hydrogens is 413 g/mol. The SMILES string of the molecule is COc1cnc(C(=O)Nc2ccc(F)c(C3CS(=O)(=O)C(C(C)C)C(=N)N3)c2)cn1. The maximum absolute atomic E-state index is 14.5. The fraction of sp³-hybridized carbons (Fsp3) is 0.368. The van der Waals surface area contributed by atoms with E-state index in [0.29, 0.717) is 0 Å². The summed E-state index contributed by atoms with van der Waals surface area (Å²) in [6, 6.07) is 2.90. The van der Waals surface area contributed by atoms with Gasteiger partial charge in [0.25, 0.3) is 5.91 Å². The van der Waals surface area contributed by atoms with E-state index in [4.69, 9.17) is 10.1 Å². The molecule has 1 fully saturated rings. The lowest BCUT2D eigenvalue weighted by atomic mass is 10.0. The summed E-state index contributed by atoms with van der Waals surface area (Å²) < 4.78 is 44.6. The number of ether oxygens (including phenoxy) is 1. The number of aromatic nitrogens is 2. The molecule has 1 saturated heterocycles. The first kappa shape index (κ1) is 21.6. The van der Waals surface area contributed by atoms with Crippen LogP contribution in [0.4, 0.5) is 10.1 Å². The second-order valence-corrected chi connectivity index (χ2v) is 9.41. The normalized spacial score (nSPS) is 20.5. The van der Waals surface area contributed by atoms with Gasteiger partial charge in [0, 0.05) is 11.3 Å². The molecule has 30 heavy (non-hydrogen) atoms. The van der Waals surface area contributed by atoms with E-state index in [1.165, 1.54) is 31.6 Å². The summed E-state index contributed by atoms with van der Waals surface area (Å²) in [7, 11) is -2.22. The molecule has 0 saturated carbocycles. The van der Waals surface area contributed by atoms with Crippen molar-refractivity contribution in [1.82, 2.24) is 15.3 Å². The van der Waals surface area contributed by atoms with Gasteiger partial charge < -0.3 is 15.4 Å². The molecule has 3 rings (SSSR count). The van der Waals surface area contributed by atoms with E-state index in [0.717, 1.165) is 6.07 Å². The molecule has 0 radical (unpaired) electrons. The number of amides is 1. The van der Waals surface area contributed by atoms with E-state index in [1.54, 1.807) is 13.8 Å². The Kier molecular flexibility index (Phi) is 6.01. The molecule has 1 aromatic carbocycles. The third-order valence-corrected chi connectivity index (χ3v) is 7.06. The zero-order chi connectivity index (χ0) is 22.1. The van der Waals surface area contributed by atoms with Crippen LogP contribution < -0.4 is 15.4 Å². The molecule has 160 valence electrons. The molecule has 0 bridgehead atoms. The van der Waals surface area contributed by atoms with E-state index in [9.17, 15) is 17.6 Å². The van der Waals surface area contributed by atoms with Crippen molar-refractivity contribution in [2.24, 2.45) is 5.92 Å². The quantitative estimate of drug-likeness (QED) is 0.653. The molecule has 1 aliphatic heterocycles. The van der Waals surface area contributed by atoms with Gasteiger partial charge in [-0.25, -0.2) is 22.8 Å². The number of hydrogen-bond donors (Lipinski definition) is 3. The Morgan fingerprint density at radius 2 is 2.07 bits per heavy atom. The lowest BCUT2D eigenvalue weighted by Crippen LogP contribution is -2.52. The predicted molar refractivity (Wildman–Crippen MR) is 109 cm³/mol. The molecule has 1 aliphatic rings. The Morgan fingerprint density at radius 3 is 2.63 bits per heavy atom. The largest absolute Gasteiger partial charge is 0.480 e. The highest BCUT2D eigenvalue weighted by Crippen LogP contribution is 2.29. The van der Waals surface area contributed by atoms with Crippen molar-refractivity contribution in [3.63, 3.8) is 0 Å². The monoisotopic (exact) mass is 435 g/mol. The van der Waals surface area contributed by atoms with Crippen molar-refractivity contribution >= 4 is 27.3 Å². The summed E-state index contributed by atoms with van der Waals surface area (Å²) in [5.74, 6) is -1.75. The summed E-state index contributed by atoms with van der Waals surface area (Å²) in [6.45, 7) is 3.44. The topological polar surface area (TPSA) is 134 Å². The van der Waals surface area contributed by atoms with Crippen molar-refractivity contribution < 1.29 is 22.3 Å². The smallest absolute Gasteiger partial charge is 0.275 e. The van der Waals surface area contributed by atoms with Gasteiger partial charge in [0.2, 0.25) is 5.88 Å². The first-order valence-corrected chi connectivity index (χ1v) is 10.9. The molecule has 2 aromatic rings. The summed E-state index contributed by atoms with van der Waals surface area (Å²) in [5, 5.41) is 12.5. The van der Waals surface area contributed by atoms with Crippen LogP contribution in [0, 0.1) is 17.1 Å². The van der Waals surface area contributed by atoms with Crippen LogP contribution in [0.2, 0.25) is 0 Å². The maximum Gasteiger partial charge on any atom is 0.275 e. The minimum atomic E-state index is -3.64. The first-order chi connectivity index (χ1) is 14.1. The number of carbonyl (C=O) groups excluding carboxylic acids is 1. The highest BCUT2D eigenvalue weighted by Gasteiger charge is 2.41. The predicted octanol–water partition coefficient (Wildman–Crippen LogP) is 1.94. The van der Waals surface area contributed by atoms with Gasteiger partial charge in [-0.1, -0.05) is 13.8 Å². The van der Waals surface area contributed by atoms with Crippen molar-refractivity contribution in [3.8, 4) is 5.88 Å². The maximum atomic E-state index is 14.5. The van der Waals surface area contributed by atoms with Crippen molar-refractivity contribution in [3.05, 3.63) is 47.7 Å². The van der Waals surface area contributed by atoms with Gasteiger partial charge in [0.15, 0.2) is 9.84 Å². The van der Waals surface area contributed by atoms with Gasteiger partial charge in [-0.05, 0) is 24.1 Å². The van der Waals surface area contributed by atoms with Crippen LogP contribution in [0.25, 0.3) is 0 Å². The van der Waals surface area contributed by atoms with Crippen LogP contribution in [0.3, 0.4) is 0 Å². The average molecular weight is 435 g/mol. The van der Waals surface area contributed by atoms with Gasteiger partial charge in [0.1, 0.15) is 22.6 Å². The number of sulfone groups is 1. The number of halogens is 1. The van der Waals surface area contributed by atoms with Gasteiger partial charge in [-0.3, -0.25) is 10.2 Å². The van der Waals surface area contributed by atoms with Gasteiger partial charge in [0.05, 0.1) is 31.3 Å². The standard InChI is InChI=1S/C19H22FN5O4S/c1-10(2)17-18(21)25-15(9-30(17,27)28)12-6-11(4-5-13(12)20)24-19(26)14-7-23-16(29-3)8-22-14/h4-8,10,15,17H,9H2,1-3H3,(H2,21,25)(H,24,26). The van der Waals surface area contributed by atoms with Crippen LogP contribution >= 0.6 is 0 Å². The summed E-state index contributed by atoms with van der Waals surface area (Å²) >= 11 is 0. The van der Waals surface area contributed by atoms with Crippen LogP contribution in [0.1, 0.15) is 35.9 Å². The fourth-order valence-corrected chi connectivity index (χ4v) is 5.56. The Morgan fingerprint density at radius 1 is 1.33 bits per heavy atom. The highest BCUT2D eigenvalue weighted by molar-refractivity contribution is 7.92. The van der Waals surface area contributed by atoms with Crippen molar-refractivity contribution in [1.29, 1.82) is 5.41 Å². The van der Waals surface area contributed by atoms with E-state index in [2.05, 4.69) is 20.6 Å². The summed E-state index contributed by atoms with van der Waals surface area (Å²) in [6.07, 6.45) is 2.53. The average Bonchev–Trinajstić information content (AvgIpc) is 2.67. The zero-order valence-electron chi connectivity index (χ0n) is 16.6. The van der Waals surface area contributed by atoms with Crippen molar-refractivity contribution in [2.75, 3.05) is 18.2 Å². The van der Waals surface area contributed by atoms with Crippen molar-refractivity contribution in [2.45, 2.75) is 25.1 Å². The van der Waals surface area contributed by atoms with Crippen LogP contribution in [-0.4, -0.2) is 48.2 Å². The molecular formula is C19H22FN5O4S. The molecule has 2 heterocycles. The minimum Gasteiger partial charge on any atom is -0.480 e. The third kappa shape index (κ3) is 4.40. The molecule has 0 spiro atoms. The molecule has 1 amide bonds. The Balaban J connectivity index is 1.83. The number of anilines is 1. The number of benzene rings is 1. The molecule has 2 atom stereocenters. The first-order valence-electron chi connectivity index (χ1n) is 9.15. The Bertz CT molecular complexity index is 1070. The lowest BCUT2D eigenvalue weighted by Gasteiger charge is -2.33. The Labute approximate surface area is 173 Å².